The molecule has 30 heavy (non-hydrogen) atoms. The maximum absolute atomic E-state index is 12.4. The highest BCUT2D eigenvalue weighted by molar-refractivity contribution is 7.99. The molecule has 0 atom stereocenters. The summed E-state index contributed by atoms with van der Waals surface area (Å²) in [4.78, 5) is 40.9. The van der Waals surface area contributed by atoms with Gasteiger partial charge < -0.3 is 0 Å². The van der Waals surface area contributed by atoms with Crippen LogP contribution in [-0.2, 0) is 4.79 Å². The number of nitrogens with one attached hydrogen (secondary N) is 3. The number of thioether (sulfide) groups is 1. The van der Waals surface area contributed by atoms with Gasteiger partial charge in [0.25, 0.3) is 11.5 Å². The number of carbonyl (C=O) groups is 2. The number of hydrogen-bond acceptors (Lipinski definition) is 6. The van der Waals surface area contributed by atoms with Crippen molar-refractivity contribution >= 4 is 45.3 Å². The van der Waals surface area contributed by atoms with Crippen molar-refractivity contribution in [2.24, 2.45) is 0 Å². The molecule has 2 amide bonds. The van der Waals surface area contributed by atoms with Gasteiger partial charge in [0.1, 0.15) is 0 Å². The molecule has 8 nitrogen and oxygen atoms in total. The lowest BCUT2D eigenvalue weighted by molar-refractivity contribution is -0.119. The first kappa shape index (κ1) is 19.6. The number of para-hydroxylation sites is 1. The molecule has 0 saturated heterocycles. The highest BCUT2D eigenvalue weighted by Gasteiger charge is 2.15. The summed E-state index contributed by atoms with van der Waals surface area (Å²) in [6, 6.07) is 16.3. The summed E-state index contributed by atoms with van der Waals surface area (Å²) in [5, 5.41) is 8.62. The summed E-state index contributed by atoms with van der Waals surface area (Å²) in [5.74, 6) is -0.944. The molecule has 9 heteroatoms. The van der Waals surface area contributed by atoms with E-state index in [0.29, 0.717) is 10.8 Å². The van der Waals surface area contributed by atoms with Crippen LogP contribution in [0.1, 0.15) is 16.1 Å². The van der Waals surface area contributed by atoms with Crippen LogP contribution >= 0.6 is 11.8 Å². The largest absolute Gasteiger partial charge is 0.290 e. The number of aromatic nitrogens is 3. The Morgan fingerprint density at radius 3 is 2.50 bits per heavy atom. The Morgan fingerprint density at radius 1 is 1.00 bits per heavy atom. The molecular weight excluding hydrogens is 402 g/mol. The minimum absolute atomic E-state index is 0.0185. The number of benzene rings is 2. The first-order chi connectivity index (χ1) is 14.5. The normalized spacial score (nSPS) is 10.8. The van der Waals surface area contributed by atoms with E-state index in [0.717, 1.165) is 21.5 Å². The van der Waals surface area contributed by atoms with Gasteiger partial charge in [0, 0.05) is 10.8 Å². The van der Waals surface area contributed by atoms with Crippen molar-refractivity contribution in [1.82, 2.24) is 26.0 Å². The number of nitrogens with zero attached hydrogens (tertiary/aromatic N) is 2. The number of carbonyl (C=O) groups excluding carboxylic acids is 2. The minimum atomic E-state index is -0.625. The molecule has 4 aromatic rings. The van der Waals surface area contributed by atoms with Crippen LogP contribution in [0.4, 0.5) is 0 Å². The number of hydrazine groups is 1. The average molecular weight is 419 g/mol. The molecule has 2 heterocycles. The smallest absolute Gasteiger partial charge is 0.272 e. The standard InChI is InChI=1S/C21H17N5O3S/c1-12-10-18(22-16-9-5-4-6-13(12)16)30-11-17(27)23-26-21(29)19-14-7-2-3-8-15(14)20(28)25-24-19/h2-10H,11H2,1H3,(H,23,27)(H,25,28)(H,26,29). The van der Waals surface area contributed by atoms with E-state index in [4.69, 9.17) is 0 Å². The lowest BCUT2D eigenvalue weighted by Gasteiger charge is -2.09. The van der Waals surface area contributed by atoms with Gasteiger partial charge in [-0.15, -0.1) is 0 Å². The number of H-pyrrole nitrogens is 1. The Hall–Kier alpha value is -3.72. The molecule has 0 aliphatic carbocycles. The van der Waals surface area contributed by atoms with Crippen molar-refractivity contribution in [3.63, 3.8) is 0 Å². The molecule has 0 unspecified atom stereocenters. The van der Waals surface area contributed by atoms with Gasteiger partial charge in [-0.3, -0.25) is 25.2 Å². The molecule has 0 fully saturated rings. The Labute approximate surface area is 175 Å². The number of pyridine rings is 1. The van der Waals surface area contributed by atoms with E-state index in [1.807, 2.05) is 37.3 Å². The Bertz CT molecular complexity index is 1340. The number of fused-ring (bicyclic) bond motifs is 2. The van der Waals surface area contributed by atoms with Gasteiger partial charge in [0.15, 0.2) is 5.69 Å². The number of aromatic amines is 1. The van der Waals surface area contributed by atoms with E-state index in [1.165, 1.54) is 11.8 Å². The molecule has 3 N–H and O–H groups in total. The van der Waals surface area contributed by atoms with Crippen molar-refractivity contribution in [3.05, 3.63) is 76.2 Å². The third-order valence-electron chi connectivity index (χ3n) is 4.48. The highest BCUT2D eigenvalue weighted by Crippen LogP contribution is 2.23. The number of aryl methyl sites for hydroxylation is 1. The maximum Gasteiger partial charge on any atom is 0.290 e. The highest BCUT2D eigenvalue weighted by atomic mass is 32.2. The van der Waals surface area contributed by atoms with E-state index in [9.17, 15) is 14.4 Å². The first-order valence-corrected chi connectivity index (χ1v) is 10.1. The fourth-order valence-electron chi connectivity index (χ4n) is 3.04. The second-order valence-electron chi connectivity index (χ2n) is 6.53. The zero-order chi connectivity index (χ0) is 21.1. The van der Waals surface area contributed by atoms with Gasteiger partial charge in [0.2, 0.25) is 5.91 Å². The molecule has 2 aromatic carbocycles. The molecule has 0 aliphatic heterocycles. The lowest BCUT2D eigenvalue weighted by atomic mass is 10.1. The first-order valence-electron chi connectivity index (χ1n) is 9.09. The predicted octanol–water partition coefficient (Wildman–Crippen LogP) is 2.33. The predicted molar refractivity (Wildman–Crippen MR) is 115 cm³/mol. The van der Waals surface area contributed by atoms with Crippen LogP contribution in [-0.4, -0.2) is 32.7 Å². The lowest BCUT2D eigenvalue weighted by Crippen LogP contribution is -2.43. The number of hydrogen-bond donors (Lipinski definition) is 3. The summed E-state index contributed by atoms with van der Waals surface area (Å²) in [6.45, 7) is 2.00. The minimum Gasteiger partial charge on any atom is -0.272 e. The quantitative estimate of drug-likeness (QED) is 0.345. The summed E-state index contributed by atoms with van der Waals surface area (Å²) in [5.41, 5.74) is 6.27. The molecule has 0 radical (unpaired) electrons. The van der Waals surface area contributed by atoms with E-state index < -0.39 is 11.8 Å². The van der Waals surface area contributed by atoms with Gasteiger partial charge in [-0.1, -0.05) is 48.2 Å². The van der Waals surface area contributed by atoms with Crippen molar-refractivity contribution in [2.45, 2.75) is 11.9 Å². The van der Waals surface area contributed by atoms with Crippen LogP contribution in [0.25, 0.3) is 21.7 Å². The zero-order valence-corrected chi connectivity index (χ0v) is 16.7. The van der Waals surface area contributed by atoms with Gasteiger partial charge in [-0.05, 0) is 30.7 Å². The van der Waals surface area contributed by atoms with Gasteiger partial charge in [-0.2, -0.15) is 5.10 Å². The molecule has 0 saturated carbocycles. The van der Waals surface area contributed by atoms with Crippen LogP contribution in [0.2, 0.25) is 0 Å². The Balaban J connectivity index is 1.39. The average Bonchev–Trinajstić information content (AvgIpc) is 2.76. The van der Waals surface area contributed by atoms with Crippen LogP contribution in [0.15, 0.2) is 64.4 Å². The van der Waals surface area contributed by atoms with Crippen molar-refractivity contribution in [2.75, 3.05) is 5.75 Å². The Kier molecular flexibility index (Phi) is 5.44. The SMILES string of the molecule is Cc1cc(SCC(=O)NNC(=O)c2n[nH]c(=O)c3ccccc23)nc2ccccc12. The summed E-state index contributed by atoms with van der Waals surface area (Å²) < 4.78 is 0. The molecule has 150 valence electrons. The summed E-state index contributed by atoms with van der Waals surface area (Å²) in [6.07, 6.45) is 0. The monoisotopic (exact) mass is 419 g/mol. The molecule has 0 aliphatic rings. The van der Waals surface area contributed by atoms with E-state index >= 15 is 0 Å². The fourth-order valence-corrected chi connectivity index (χ4v) is 3.82. The van der Waals surface area contributed by atoms with E-state index in [-0.39, 0.29) is 17.0 Å². The zero-order valence-electron chi connectivity index (χ0n) is 15.9. The fraction of sp³-hybridized carbons (Fsp3) is 0.0952. The molecule has 2 aromatic heterocycles. The molecule has 4 rings (SSSR count). The van der Waals surface area contributed by atoms with Gasteiger partial charge in [-0.25, -0.2) is 10.1 Å². The van der Waals surface area contributed by atoms with Crippen molar-refractivity contribution in [1.29, 1.82) is 0 Å². The van der Waals surface area contributed by atoms with Crippen LogP contribution in [0, 0.1) is 6.92 Å². The third-order valence-corrected chi connectivity index (χ3v) is 5.39. The van der Waals surface area contributed by atoms with Crippen molar-refractivity contribution < 1.29 is 9.59 Å². The third kappa shape index (κ3) is 4.01. The second kappa shape index (κ2) is 8.34. The second-order valence-corrected chi connectivity index (χ2v) is 7.53. The van der Waals surface area contributed by atoms with E-state index in [2.05, 4.69) is 26.0 Å². The van der Waals surface area contributed by atoms with Gasteiger partial charge >= 0.3 is 0 Å². The topological polar surface area (TPSA) is 117 Å². The van der Waals surface area contributed by atoms with Crippen LogP contribution in [0.5, 0.6) is 0 Å². The molecule has 0 spiro atoms. The Morgan fingerprint density at radius 2 is 1.70 bits per heavy atom. The summed E-state index contributed by atoms with van der Waals surface area (Å²) >= 11 is 1.27. The van der Waals surface area contributed by atoms with Crippen LogP contribution < -0.4 is 16.4 Å². The maximum atomic E-state index is 12.4. The molecule has 0 bridgehead atoms. The summed E-state index contributed by atoms with van der Waals surface area (Å²) in [7, 11) is 0. The van der Waals surface area contributed by atoms with Gasteiger partial charge in [0.05, 0.1) is 21.7 Å². The van der Waals surface area contributed by atoms with E-state index in [1.54, 1.807) is 24.3 Å². The number of rotatable bonds is 4. The number of amides is 2. The van der Waals surface area contributed by atoms with Crippen molar-refractivity contribution in [3.8, 4) is 0 Å². The molecular formula is C21H17N5O3S. The van der Waals surface area contributed by atoms with Crippen LogP contribution in [0.3, 0.4) is 0 Å².